The van der Waals surface area contributed by atoms with Crippen molar-refractivity contribution < 1.29 is 9.59 Å². The number of nitrogens with zero attached hydrogens (tertiary/aromatic N) is 3. The molecule has 3 N–H and O–H groups in total. The molecule has 0 bridgehead atoms. The lowest BCUT2D eigenvalue weighted by Gasteiger charge is -2.39. The molecule has 1 unspecified atom stereocenters. The third kappa shape index (κ3) is 3.61. The summed E-state index contributed by atoms with van der Waals surface area (Å²) in [6.07, 6.45) is 4.27. The molecular weight excluding hydrogens is 332 g/mol. The second-order valence-electron chi connectivity index (χ2n) is 7.74. The van der Waals surface area contributed by atoms with Crippen LogP contribution in [-0.4, -0.2) is 70.8 Å². The van der Waals surface area contributed by atoms with Crippen molar-refractivity contribution in [1.29, 1.82) is 0 Å². The highest BCUT2D eigenvalue weighted by Gasteiger charge is 2.29. The summed E-state index contributed by atoms with van der Waals surface area (Å²) in [5.41, 5.74) is 0.809. The van der Waals surface area contributed by atoms with Gasteiger partial charge in [-0.05, 0) is 32.6 Å². The van der Waals surface area contributed by atoms with E-state index in [4.69, 9.17) is 0 Å². The topological polar surface area (TPSA) is 91.3 Å². The Morgan fingerprint density at radius 3 is 2.69 bits per heavy atom. The van der Waals surface area contributed by atoms with E-state index in [1.54, 1.807) is 10.7 Å². The molecule has 2 aliphatic heterocycles. The minimum absolute atomic E-state index is 0.0334. The minimum atomic E-state index is -0.169. The second-order valence-corrected chi connectivity index (χ2v) is 7.74. The Kier molecular flexibility index (Phi) is 4.95. The predicted octanol–water partition coefficient (Wildman–Crippen LogP) is -0.0388. The lowest BCUT2D eigenvalue weighted by Crippen LogP contribution is -2.50. The lowest BCUT2D eigenvalue weighted by atomic mass is 9.89. The number of rotatable bonds is 3. The highest BCUT2D eigenvalue weighted by Crippen LogP contribution is 2.24. The summed E-state index contributed by atoms with van der Waals surface area (Å²) in [5, 5.41) is 13.7. The first-order valence-electron chi connectivity index (χ1n) is 9.74. The molecule has 8 nitrogen and oxygen atoms in total. The molecule has 2 fully saturated rings. The first-order valence-corrected chi connectivity index (χ1v) is 9.74. The van der Waals surface area contributed by atoms with Crippen LogP contribution < -0.4 is 16.0 Å². The van der Waals surface area contributed by atoms with Crippen LogP contribution in [0, 0.1) is 0 Å². The van der Waals surface area contributed by atoms with Gasteiger partial charge in [-0.3, -0.25) is 19.2 Å². The molecule has 1 saturated heterocycles. The Balaban J connectivity index is 1.32. The normalized spacial score (nSPS) is 29.7. The summed E-state index contributed by atoms with van der Waals surface area (Å²) in [5.74, 6) is -0.329. The molecule has 0 spiro atoms. The van der Waals surface area contributed by atoms with Crippen LogP contribution in [0.15, 0.2) is 6.07 Å². The standard InChI is InChI=1S/C18H28N6O2/c1-12-11-24-16(18(26)20-12)10-15(22-24)17(25)21-13-2-4-14(5-3-13)23-8-6-19-7-9-23/h10,12-14,19H,2-9,11H2,1H3,(H,20,26)(H,21,25). The van der Waals surface area contributed by atoms with Crippen LogP contribution in [-0.2, 0) is 6.54 Å². The van der Waals surface area contributed by atoms with Crippen molar-refractivity contribution in [3.63, 3.8) is 0 Å². The number of carbonyl (C=O) groups is 2. The number of hydrogen-bond donors (Lipinski definition) is 3. The fraction of sp³-hybridized carbons (Fsp3) is 0.722. The largest absolute Gasteiger partial charge is 0.348 e. The predicted molar refractivity (Wildman–Crippen MR) is 97.1 cm³/mol. The van der Waals surface area contributed by atoms with Crippen molar-refractivity contribution in [2.75, 3.05) is 26.2 Å². The summed E-state index contributed by atoms with van der Waals surface area (Å²) in [7, 11) is 0. The van der Waals surface area contributed by atoms with E-state index in [0.29, 0.717) is 24.0 Å². The van der Waals surface area contributed by atoms with Crippen LogP contribution in [0.5, 0.6) is 0 Å². The Morgan fingerprint density at radius 1 is 1.23 bits per heavy atom. The molecule has 1 atom stereocenters. The third-order valence-corrected chi connectivity index (χ3v) is 5.77. The zero-order valence-corrected chi connectivity index (χ0v) is 15.3. The van der Waals surface area contributed by atoms with E-state index >= 15 is 0 Å². The first kappa shape index (κ1) is 17.5. The maximum absolute atomic E-state index is 12.6. The van der Waals surface area contributed by atoms with Crippen LogP contribution >= 0.6 is 0 Å². The summed E-state index contributed by atoms with van der Waals surface area (Å²) in [4.78, 5) is 27.1. The van der Waals surface area contributed by atoms with Gasteiger partial charge >= 0.3 is 0 Å². The Hall–Kier alpha value is -1.93. The zero-order chi connectivity index (χ0) is 18.1. The maximum atomic E-state index is 12.6. The molecule has 26 heavy (non-hydrogen) atoms. The van der Waals surface area contributed by atoms with Crippen LogP contribution in [0.2, 0.25) is 0 Å². The molecule has 1 aromatic rings. The number of fused-ring (bicyclic) bond motifs is 1. The van der Waals surface area contributed by atoms with Crippen LogP contribution in [0.25, 0.3) is 0 Å². The monoisotopic (exact) mass is 360 g/mol. The number of hydrogen-bond acceptors (Lipinski definition) is 5. The van der Waals surface area contributed by atoms with Crippen LogP contribution in [0.4, 0.5) is 0 Å². The Morgan fingerprint density at radius 2 is 1.96 bits per heavy atom. The van der Waals surface area contributed by atoms with Gasteiger partial charge in [0.05, 0.1) is 6.54 Å². The summed E-state index contributed by atoms with van der Waals surface area (Å²) in [6.45, 7) is 6.94. The molecule has 142 valence electrons. The SMILES string of the molecule is CC1Cn2nc(C(=O)NC3CCC(N4CCNCC4)CC3)cc2C(=O)N1. The molecule has 0 radical (unpaired) electrons. The zero-order valence-electron chi connectivity index (χ0n) is 15.3. The van der Waals surface area contributed by atoms with Gasteiger partial charge in [-0.1, -0.05) is 0 Å². The van der Waals surface area contributed by atoms with Gasteiger partial charge < -0.3 is 16.0 Å². The molecule has 1 aliphatic carbocycles. The van der Waals surface area contributed by atoms with Gasteiger partial charge in [0, 0.05) is 50.4 Å². The van der Waals surface area contributed by atoms with E-state index < -0.39 is 0 Å². The molecule has 0 aromatic carbocycles. The summed E-state index contributed by atoms with van der Waals surface area (Å²) in [6, 6.07) is 2.48. The fourth-order valence-corrected chi connectivity index (χ4v) is 4.34. The van der Waals surface area contributed by atoms with Gasteiger partial charge in [-0.25, -0.2) is 0 Å². The molecule has 1 aromatic heterocycles. The minimum Gasteiger partial charge on any atom is -0.348 e. The highest BCUT2D eigenvalue weighted by atomic mass is 16.2. The van der Waals surface area contributed by atoms with Gasteiger partial charge in [0.2, 0.25) is 0 Å². The van der Waals surface area contributed by atoms with E-state index in [1.165, 1.54) is 0 Å². The van der Waals surface area contributed by atoms with Crippen molar-refractivity contribution in [1.82, 2.24) is 30.6 Å². The quantitative estimate of drug-likeness (QED) is 0.704. The molecule has 8 heteroatoms. The average Bonchev–Trinajstić information content (AvgIpc) is 3.08. The van der Waals surface area contributed by atoms with E-state index in [2.05, 4.69) is 25.9 Å². The maximum Gasteiger partial charge on any atom is 0.272 e. The molecule has 1 saturated carbocycles. The van der Waals surface area contributed by atoms with Crippen molar-refractivity contribution in [2.24, 2.45) is 0 Å². The third-order valence-electron chi connectivity index (χ3n) is 5.77. The number of amides is 2. The van der Waals surface area contributed by atoms with Crippen molar-refractivity contribution >= 4 is 11.8 Å². The van der Waals surface area contributed by atoms with E-state index in [0.717, 1.165) is 51.9 Å². The molecule has 4 rings (SSSR count). The van der Waals surface area contributed by atoms with Gasteiger partial charge in [0.25, 0.3) is 11.8 Å². The summed E-state index contributed by atoms with van der Waals surface area (Å²) >= 11 is 0. The molecule has 3 heterocycles. The number of aromatic nitrogens is 2. The van der Waals surface area contributed by atoms with Crippen LogP contribution in [0.1, 0.15) is 53.6 Å². The van der Waals surface area contributed by atoms with E-state index in [-0.39, 0.29) is 23.9 Å². The van der Waals surface area contributed by atoms with Gasteiger partial charge in [-0.2, -0.15) is 5.10 Å². The number of nitrogens with one attached hydrogen (secondary N) is 3. The van der Waals surface area contributed by atoms with Gasteiger partial charge in [0.15, 0.2) is 5.69 Å². The smallest absolute Gasteiger partial charge is 0.272 e. The molecule has 3 aliphatic rings. The molecule has 2 amide bonds. The van der Waals surface area contributed by atoms with Gasteiger partial charge in [-0.15, -0.1) is 0 Å². The average molecular weight is 360 g/mol. The fourth-order valence-electron chi connectivity index (χ4n) is 4.34. The van der Waals surface area contributed by atoms with Crippen molar-refractivity contribution in [3.05, 3.63) is 17.5 Å². The van der Waals surface area contributed by atoms with E-state index in [1.807, 2.05) is 6.92 Å². The van der Waals surface area contributed by atoms with E-state index in [9.17, 15) is 9.59 Å². The second kappa shape index (κ2) is 7.36. The number of carbonyl (C=O) groups excluding carboxylic acids is 2. The highest BCUT2D eigenvalue weighted by molar-refractivity contribution is 5.98. The number of piperazine rings is 1. The van der Waals surface area contributed by atoms with Crippen molar-refractivity contribution in [2.45, 2.75) is 57.3 Å². The lowest BCUT2D eigenvalue weighted by molar-refractivity contribution is 0.0881. The van der Waals surface area contributed by atoms with Crippen molar-refractivity contribution in [3.8, 4) is 0 Å². The summed E-state index contributed by atoms with van der Waals surface area (Å²) < 4.78 is 1.64. The van der Waals surface area contributed by atoms with Gasteiger partial charge in [0.1, 0.15) is 5.69 Å². The molecular formula is C18H28N6O2. The Labute approximate surface area is 153 Å². The van der Waals surface area contributed by atoms with Crippen LogP contribution in [0.3, 0.4) is 0 Å². The Bertz CT molecular complexity index is 673. The first-order chi connectivity index (χ1) is 12.6.